The normalized spacial score (nSPS) is 12.8. The number of fused-ring (bicyclic) bond motifs is 1. The summed E-state index contributed by atoms with van der Waals surface area (Å²) in [5.41, 5.74) is 4.09. The maximum Gasteiger partial charge on any atom is 0.160 e. The number of hydrogen-bond acceptors (Lipinski definition) is 5. The van der Waals surface area contributed by atoms with Gasteiger partial charge < -0.3 is 4.90 Å². The number of aryl methyl sites for hydroxylation is 2. The molecule has 0 spiro atoms. The quantitative estimate of drug-likeness (QED) is 0.768. The van der Waals surface area contributed by atoms with Gasteiger partial charge in [-0.3, -0.25) is 10.2 Å². The van der Waals surface area contributed by atoms with E-state index < -0.39 is 0 Å². The third-order valence-corrected chi connectivity index (χ3v) is 3.91. The average molecular weight is 285 g/mol. The van der Waals surface area contributed by atoms with Gasteiger partial charge in [0.25, 0.3) is 0 Å². The Bertz CT molecular complexity index is 738. The number of aromatic nitrogens is 6. The first kappa shape index (κ1) is 13.5. The molecule has 0 fully saturated rings. The highest BCUT2D eigenvalue weighted by Gasteiger charge is 2.23. The molecule has 21 heavy (non-hydrogen) atoms. The van der Waals surface area contributed by atoms with Crippen molar-refractivity contribution in [3.05, 3.63) is 29.5 Å². The Labute approximate surface area is 122 Å². The highest BCUT2D eigenvalue weighted by Crippen LogP contribution is 2.31. The second kappa shape index (κ2) is 5.16. The van der Waals surface area contributed by atoms with Crippen LogP contribution < -0.4 is 4.90 Å². The van der Waals surface area contributed by atoms with Crippen LogP contribution in [0.25, 0.3) is 11.0 Å². The Morgan fingerprint density at radius 1 is 1.24 bits per heavy atom. The molecular formula is C14H19N7. The third-order valence-electron chi connectivity index (χ3n) is 3.91. The van der Waals surface area contributed by atoms with Gasteiger partial charge in [-0.05, 0) is 27.7 Å². The summed E-state index contributed by atoms with van der Waals surface area (Å²) in [6, 6.07) is 0.168. The minimum atomic E-state index is 0.168. The van der Waals surface area contributed by atoms with Gasteiger partial charge in [0, 0.05) is 17.8 Å². The van der Waals surface area contributed by atoms with E-state index in [1.165, 1.54) is 5.56 Å². The fourth-order valence-corrected chi connectivity index (χ4v) is 2.92. The SMILES string of the molecule is CCN(c1ncnc2[nH]ncc12)C(C)c1c(C)n[nH]c1C. The number of hydrogen-bond donors (Lipinski definition) is 2. The predicted octanol–water partition coefficient (Wildman–Crippen LogP) is 2.28. The number of nitrogens with zero attached hydrogens (tertiary/aromatic N) is 5. The summed E-state index contributed by atoms with van der Waals surface area (Å²) in [4.78, 5) is 10.9. The van der Waals surface area contributed by atoms with Gasteiger partial charge >= 0.3 is 0 Å². The van der Waals surface area contributed by atoms with Gasteiger partial charge in [-0.25, -0.2) is 9.97 Å². The number of aromatic amines is 2. The maximum absolute atomic E-state index is 4.46. The predicted molar refractivity (Wildman–Crippen MR) is 81.2 cm³/mol. The molecule has 0 radical (unpaired) electrons. The molecule has 3 rings (SSSR count). The van der Waals surface area contributed by atoms with E-state index in [4.69, 9.17) is 0 Å². The van der Waals surface area contributed by atoms with Crippen molar-refractivity contribution < 1.29 is 0 Å². The molecule has 0 aliphatic rings. The van der Waals surface area contributed by atoms with Crippen LogP contribution >= 0.6 is 0 Å². The van der Waals surface area contributed by atoms with Crippen LogP contribution in [0, 0.1) is 13.8 Å². The Balaban J connectivity index is 2.08. The summed E-state index contributed by atoms with van der Waals surface area (Å²) in [6.45, 7) is 9.20. The lowest BCUT2D eigenvalue weighted by Crippen LogP contribution is -2.28. The minimum absolute atomic E-state index is 0.168. The van der Waals surface area contributed by atoms with Crippen LogP contribution in [-0.4, -0.2) is 36.9 Å². The van der Waals surface area contributed by atoms with Gasteiger partial charge in [-0.15, -0.1) is 0 Å². The van der Waals surface area contributed by atoms with Gasteiger partial charge in [0.05, 0.1) is 23.3 Å². The summed E-state index contributed by atoms with van der Waals surface area (Å²) >= 11 is 0. The first-order chi connectivity index (χ1) is 10.1. The van der Waals surface area contributed by atoms with Gasteiger partial charge in [-0.1, -0.05) is 0 Å². The van der Waals surface area contributed by atoms with Crippen LogP contribution in [0.3, 0.4) is 0 Å². The van der Waals surface area contributed by atoms with Gasteiger partial charge in [0.1, 0.15) is 12.1 Å². The van der Waals surface area contributed by atoms with E-state index in [1.54, 1.807) is 12.5 Å². The second-order valence-corrected chi connectivity index (χ2v) is 5.14. The number of nitrogens with one attached hydrogen (secondary N) is 2. The average Bonchev–Trinajstić information content (AvgIpc) is 3.07. The Hall–Kier alpha value is -2.44. The molecule has 110 valence electrons. The zero-order valence-corrected chi connectivity index (χ0v) is 12.7. The summed E-state index contributed by atoms with van der Waals surface area (Å²) in [5, 5.41) is 15.2. The molecule has 3 heterocycles. The fraction of sp³-hybridized carbons (Fsp3) is 0.429. The Kier molecular flexibility index (Phi) is 3.32. The van der Waals surface area contributed by atoms with Crippen molar-refractivity contribution in [3.8, 4) is 0 Å². The van der Waals surface area contributed by atoms with E-state index in [9.17, 15) is 0 Å². The first-order valence-electron chi connectivity index (χ1n) is 7.05. The topological polar surface area (TPSA) is 86.4 Å². The smallest absolute Gasteiger partial charge is 0.160 e. The summed E-state index contributed by atoms with van der Waals surface area (Å²) in [6.07, 6.45) is 3.34. The third kappa shape index (κ3) is 2.14. The van der Waals surface area contributed by atoms with E-state index in [-0.39, 0.29) is 6.04 Å². The molecule has 3 aromatic rings. The van der Waals surface area contributed by atoms with Crippen molar-refractivity contribution in [2.45, 2.75) is 33.7 Å². The van der Waals surface area contributed by atoms with Crippen LogP contribution in [0.5, 0.6) is 0 Å². The van der Waals surface area contributed by atoms with Crippen LogP contribution in [0.15, 0.2) is 12.5 Å². The second-order valence-electron chi connectivity index (χ2n) is 5.14. The zero-order valence-electron chi connectivity index (χ0n) is 12.7. The largest absolute Gasteiger partial charge is 0.349 e. The van der Waals surface area contributed by atoms with Crippen LogP contribution in [0.2, 0.25) is 0 Å². The highest BCUT2D eigenvalue weighted by molar-refractivity contribution is 5.86. The van der Waals surface area contributed by atoms with Crippen molar-refractivity contribution in [1.82, 2.24) is 30.4 Å². The van der Waals surface area contributed by atoms with Gasteiger partial charge in [0.2, 0.25) is 0 Å². The minimum Gasteiger partial charge on any atom is -0.349 e. The van der Waals surface area contributed by atoms with Crippen LogP contribution in [-0.2, 0) is 0 Å². The summed E-state index contributed by atoms with van der Waals surface area (Å²) in [7, 11) is 0. The molecule has 7 heteroatoms. The highest BCUT2D eigenvalue weighted by atomic mass is 15.2. The van der Waals surface area contributed by atoms with Crippen molar-refractivity contribution in [1.29, 1.82) is 0 Å². The molecule has 1 unspecified atom stereocenters. The molecule has 7 nitrogen and oxygen atoms in total. The molecule has 0 aromatic carbocycles. The van der Waals surface area contributed by atoms with E-state index in [2.05, 4.69) is 49.1 Å². The standard InChI is InChI=1S/C14H19N7/c1-5-21(10(4)12-8(2)18-19-9(12)3)14-11-6-17-20-13(11)15-7-16-14/h6-7,10H,5H2,1-4H3,(H,18,19)(H,15,16,17,20). The van der Waals surface area contributed by atoms with Crippen molar-refractivity contribution in [2.75, 3.05) is 11.4 Å². The molecular weight excluding hydrogens is 266 g/mol. The van der Waals surface area contributed by atoms with Crippen molar-refractivity contribution in [2.24, 2.45) is 0 Å². The molecule has 1 atom stereocenters. The van der Waals surface area contributed by atoms with Gasteiger partial charge in [0.15, 0.2) is 5.65 Å². The molecule has 2 N–H and O–H groups in total. The molecule has 0 amide bonds. The van der Waals surface area contributed by atoms with E-state index >= 15 is 0 Å². The first-order valence-corrected chi connectivity index (χ1v) is 7.05. The number of H-pyrrole nitrogens is 2. The summed E-state index contributed by atoms with van der Waals surface area (Å²) < 4.78 is 0. The van der Waals surface area contributed by atoms with E-state index in [0.29, 0.717) is 0 Å². The molecule has 0 aliphatic heterocycles. The fourth-order valence-electron chi connectivity index (χ4n) is 2.92. The maximum atomic E-state index is 4.46. The molecule has 0 saturated heterocycles. The Morgan fingerprint density at radius 3 is 2.71 bits per heavy atom. The summed E-state index contributed by atoms with van der Waals surface area (Å²) in [5.74, 6) is 0.892. The van der Waals surface area contributed by atoms with Crippen LogP contribution in [0.4, 0.5) is 5.82 Å². The van der Waals surface area contributed by atoms with Crippen molar-refractivity contribution >= 4 is 16.9 Å². The molecule has 0 bridgehead atoms. The van der Waals surface area contributed by atoms with Gasteiger partial charge in [-0.2, -0.15) is 10.2 Å². The number of rotatable bonds is 4. The van der Waals surface area contributed by atoms with Crippen molar-refractivity contribution in [3.63, 3.8) is 0 Å². The van der Waals surface area contributed by atoms with Crippen LogP contribution in [0.1, 0.15) is 36.8 Å². The lowest BCUT2D eigenvalue weighted by atomic mass is 10.0. The monoisotopic (exact) mass is 285 g/mol. The van der Waals surface area contributed by atoms with E-state index in [0.717, 1.165) is 34.8 Å². The lowest BCUT2D eigenvalue weighted by molar-refractivity contribution is 0.675. The lowest BCUT2D eigenvalue weighted by Gasteiger charge is -2.29. The number of anilines is 1. The molecule has 3 aromatic heterocycles. The van der Waals surface area contributed by atoms with E-state index in [1.807, 2.05) is 13.8 Å². The zero-order chi connectivity index (χ0) is 15.0. The molecule has 0 saturated carbocycles. The Morgan fingerprint density at radius 2 is 2.05 bits per heavy atom. The molecule has 0 aliphatic carbocycles.